The molecule has 0 aliphatic heterocycles. The highest BCUT2D eigenvalue weighted by atomic mass is 32.2. The molecule has 1 atom stereocenters. The molecule has 1 fully saturated rings. The molecule has 1 aromatic carbocycles. The SMILES string of the molecule is C[C@@H](OC(=O)C1CCCCC1)C(=O)c1ccc(NS(C)(=O)=O)cc1. The van der Waals surface area contributed by atoms with Crippen molar-refractivity contribution in [2.24, 2.45) is 5.92 Å². The van der Waals surface area contributed by atoms with Gasteiger partial charge in [0.25, 0.3) is 0 Å². The molecule has 1 aromatic rings. The maximum atomic E-state index is 12.3. The molecule has 6 nitrogen and oxygen atoms in total. The van der Waals surface area contributed by atoms with E-state index in [0.29, 0.717) is 11.3 Å². The first-order valence-electron chi connectivity index (χ1n) is 8.09. The van der Waals surface area contributed by atoms with E-state index in [1.807, 2.05) is 0 Å². The van der Waals surface area contributed by atoms with Crippen molar-refractivity contribution in [3.63, 3.8) is 0 Å². The van der Waals surface area contributed by atoms with Crippen molar-refractivity contribution in [2.45, 2.75) is 45.1 Å². The first-order valence-corrected chi connectivity index (χ1v) is 9.98. The van der Waals surface area contributed by atoms with Crippen molar-refractivity contribution in [3.8, 4) is 0 Å². The summed E-state index contributed by atoms with van der Waals surface area (Å²) in [6.45, 7) is 1.56. The van der Waals surface area contributed by atoms with Gasteiger partial charge in [0.05, 0.1) is 12.2 Å². The summed E-state index contributed by atoms with van der Waals surface area (Å²) >= 11 is 0. The van der Waals surface area contributed by atoms with Gasteiger partial charge in [-0.1, -0.05) is 19.3 Å². The molecule has 0 bridgehead atoms. The minimum absolute atomic E-state index is 0.102. The summed E-state index contributed by atoms with van der Waals surface area (Å²) in [5, 5.41) is 0. The molecule has 1 N–H and O–H groups in total. The molecule has 0 aromatic heterocycles. The third-order valence-electron chi connectivity index (χ3n) is 4.07. The third-order valence-corrected chi connectivity index (χ3v) is 4.68. The number of sulfonamides is 1. The highest BCUT2D eigenvalue weighted by molar-refractivity contribution is 7.92. The van der Waals surface area contributed by atoms with E-state index in [-0.39, 0.29) is 17.7 Å². The molecule has 0 unspecified atom stereocenters. The number of Topliss-reactive ketones (excluding diaryl/α,β-unsaturated/α-hetero) is 1. The lowest BCUT2D eigenvalue weighted by Crippen LogP contribution is -2.29. The van der Waals surface area contributed by atoms with Crippen LogP contribution in [0.3, 0.4) is 0 Å². The molecule has 1 aliphatic carbocycles. The molecule has 1 aliphatic rings. The van der Waals surface area contributed by atoms with Crippen LogP contribution in [0.25, 0.3) is 0 Å². The van der Waals surface area contributed by atoms with Gasteiger partial charge in [0, 0.05) is 11.3 Å². The Kier molecular flexibility index (Phi) is 5.99. The van der Waals surface area contributed by atoms with Gasteiger partial charge in [-0.25, -0.2) is 8.42 Å². The van der Waals surface area contributed by atoms with E-state index in [9.17, 15) is 18.0 Å². The number of benzene rings is 1. The van der Waals surface area contributed by atoms with Crippen molar-refractivity contribution >= 4 is 27.5 Å². The normalized spacial score (nSPS) is 17.1. The molecule has 0 radical (unpaired) electrons. The zero-order chi connectivity index (χ0) is 17.7. The molecule has 0 amide bonds. The fourth-order valence-corrected chi connectivity index (χ4v) is 3.38. The molecule has 0 spiro atoms. The molecule has 24 heavy (non-hydrogen) atoms. The summed E-state index contributed by atoms with van der Waals surface area (Å²) in [5.74, 6) is -0.702. The van der Waals surface area contributed by atoms with E-state index < -0.39 is 16.1 Å². The van der Waals surface area contributed by atoms with E-state index >= 15 is 0 Å². The van der Waals surface area contributed by atoms with Crippen molar-refractivity contribution < 1.29 is 22.7 Å². The summed E-state index contributed by atoms with van der Waals surface area (Å²) in [4.78, 5) is 24.4. The second kappa shape index (κ2) is 7.79. The summed E-state index contributed by atoms with van der Waals surface area (Å²) in [6, 6.07) is 6.04. The summed E-state index contributed by atoms with van der Waals surface area (Å²) in [6.07, 6.45) is 5.05. The van der Waals surface area contributed by atoms with E-state index in [4.69, 9.17) is 4.74 Å². The molecule has 2 rings (SSSR count). The van der Waals surface area contributed by atoms with E-state index in [1.54, 1.807) is 6.92 Å². The van der Waals surface area contributed by atoms with E-state index in [1.165, 1.54) is 24.3 Å². The highest BCUT2D eigenvalue weighted by Gasteiger charge is 2.26. The summed E-state index contributed by atoms with van der Waals surface area (Å²) < 4.78 is 30.0. The van der Waals surface area contributed by atoms with Gasteiger partial charge >= 0.3 is 5.97 Å². The number of hydrogen-bond acceptors (Lipinski definition) is 5. The van der Waals surface area contributed by atoms with Crippen LogP contribution in [0.5, 0.6) is 0 Å². The van der Waals surface area contributed by atoms with Crippen LogP contribution in [0.1, 0.15) is 49.4 Å². The molecule has 7 heteroatoms. The van der Waals surface area contributed by atoms with Crippen molar-refractivity contribution in [1.82, 2.24) is 0 Å². The Morgan fingerprint density at radius 1 is 1.12 bits per heavy atom. The molecule has 1 saturated carbocycles. The Labute approximate surface area is 142 Å². The average molecular weight is 353 g/mol. The van der Waals surface area contributed by atoms with Crippen molar-refractivity contribution in [1.29, 1.82) is 0 Å². The maximum absolute atomic E-state index is 12.3. The number of rotatable bonds is 6. The van der Waals surface area contributed by atoms with Crippen LogP contribution in [0.15, 0.2) is 24.3 Å². The quantitative estimate of drug-likeness (QED) is 0.627. The monoisotopic (exact) mass is 353 g/mol. The number of anilines is 1. The van der Waals surface area contributed by atoms with Crippen molar-refractivity contribution in [2.75, 3.05) is 11.0 Å². The fourth-order valence-electron chi connectivity index (χ4n) is 2.81. The van der Waals surface area contributed by atoms with Crippen LogP contribution in [-0.2, 0) is 19.6 Å². The van der Waals surface area contributed by atoms with Crippen LogP contribution in [0, 0.1) is 5.92 Å². The molecular formula is C17H23NO5S. The minimum atomic E-state index is -3.36. The molecule has 132 valence electrons. The third kappa shape index (κ3) is 5.33. The molecule has 0 saturated heterocycles. The second-order valence-corrected chi connectivity index (χ2v) is 7.98. The summed E-state index contributed by atoms with van der Waals surface area (Å²) in [5.41, 5.74) is 0.749. The number of carbonyl (C=O) groups excluding carboxylic acids is 2. The molecular weight excluding hydrogens is 330 g/mol. The van der Waals surface area contributed by atoms with Gasteiger partial charge in [0.1, 0.15) is 0 Å². The fraction of sp³-hybridized carbons (Fsp3) is 0.529. The van der Waals surface area contributed by atoms with Gasteiger partial charge in [0.2, 0.25) is 15.8 Å². The Balaban J connectivity index is 1.95. The van der Waals surface area contributed by atoms with Crippen LogP contribution in [-0.4, -0.2) is 32.5 Å². The predicted molar refractivity (Wildman–Crippen MR) is 91.4 cm³/mol. The zero-order valence-corrected chi connectivity index (χ0v) is 14.8. The molecule has 0 heterocycles. The van der Waals surface area contributed by atoms with E-state index in [0.717, 1.165) is 38.4 Å². The van der Waals surface area contributed by atoms with Gasteiger partial charge in [-0.05, 0) is 44.0 Å². The van der Waals surface area contributed by atoms with Gasteiger partial charge in [-0.2, -0.15) is 0 Å². The zero-order valence-electron chi connectivity index (χ0n) is 13.9. The van der Waals surface area contributed by atoms with Crippen LogP contribution in [0.2, 0.25) is 0 Å². The number of hydrogen-bond donors (Lipinski definition) is 1. The predicted octanol–water partition coefficient (Wildman–Crippen LogP) is 2.75. The lowest BCUT2D eigenvalue weighted by molar-refractivity contribution is -0.152. The Morgan fingerprint density at radius 2 is 1.71 bits per heavy atom. The van der Waals surface area contributed by atoms with Crippen LogP contribution in [0.4, 0.5) is 5.69 Å². The smallest absolute Gasteiger partial charge is 0.309 e. The number of ketones is 1. The number of ether oxygens (including phenoxy) is 1. The Morgan fingerprint density at radius 3 is 2.25 bits per heavy atom. The second-order valence-electron chi connectivity index (χ2n) is 6.23. The lowest BCUT2D eigenvalue weighted by atomic mass is 9.89. The van der Waals surface area contributed by atoms with Crippen LogP contribution < -0.4 is 4.72 Å². The van der Waals surface area contributed by atoms with Gasteiger partial charge in [-0.3, -0.25) is 14.3 Å². The number of nitrogens with one attached hydrogen (secondary N) is 1. The van der Waals surface area contributed by atoms with Gasteiger partial charge in [-0.15, -0.1) is 0 Å². The lowest BCUT2D eigenvalue weighted by Gasteiger charge is -2.22. The van der Waals surface area contributed by atoms with Gasteiger partial charge in [0.15, 0.2) is 6.10 Å². The first kappa shape index (κ1) is 18.4. The number of carbonyl (C=O) groups is 2. The Hall–Kier alpha value is -1.89. The maximum Gasteiger partial charge on any atom is 0.309 e. The van der Waals surface area contributed by atoms with E-state index in [2.05, 4.69) is 4.72 Å². The summed E-state index contributed by atoms with van der Waals surface area (Å²) in [7, 11) is -3.36. The largest absolute Gasteiger partial charge is 0.454 e. The van der Waals surface area contributed by atoms with Crippen molar-refractivity contribution in [3.05, 3.63) is 29.8 Å². The van der Waals surface area contributed by atoms with Gasteiger partial charge < -0.3 is 4.74 Å². The van der Waals surface area contributed by atoms with Crippen LogP contribution >= 0.6 is 0 Å². The Bertz CT molecular complexity index is 690. The number of esters is 1. The highest BCUT2D eigenvalue weighted by Crippen LogP contribution is 2.25. The standard InChI is InChI=1S/C17H23NO5S/c1-12(23-17(20)14-6-4-3-5-7-14)16(19)13-8-10-15(11-9-13)18-24(2,21)22/h8-12,14,18H,3-7H2,1-2H3/t12-/m1/s1. The average Bonchev–Trinajstić information content (AvgIpc) is 2.54. The minimum Gasteiger partial charge on any atom is -0.454 e. The topological polar surface area (TPSA) is 89.5 Å². The first-order chi connectivity index (χ1) is 11.3.